The van der Waals surface area contributed by atoms with E-state index in [2.05, 4.69) is 4.98 Å². The molecular weight excluding hydrogens is 295 g/mol. The number of aromatic nitrogens is 2. The van der Waals surface area contributed by atoms with Crippen LogP contribution in [0, 0.1) is 0 Å². The number of carbonyl (C=O) groups excluding carboxylic acids is 1. The van der Waals surface area contributed by atoms with Crippen LogP contribution in [0.3, 0.4) is 0 Å². The molecule has 0 amide bonds. The SMILES string of the molecule is O=C(C(Cl)=Cn1ccnc1)c1ccc(Cl)cc1Cl. The van der Waals surface area contributed by atoms with Crippen molar-refractivity contribution < 1.29 is 4.79 Å². The van der Waals surface area contributed by atoms with Crippen molar-refractivity contribution in [1.82, 2.24) is 9.55 Å². The van der Waals surface area contributed by atoms with Gasteiger partial charge in [0.1, 0.15) is 5.03 Å². The highest BCUT2D eigenvalue weighted by Crippen LogP contribution is 2.24. The Hall–Kier alpha value is -1.29. The van der Waals surface area contributed by atoms with Crippen molar-refractivity contribution in [2.75, 3.05) is 0 Å². The van der Waals surface area contributed by atoms with Crippen LogP contribution >= 0.6 is 34.8 Å². The van der Waals surface area contributed by atoms with Crippen LogP contribution in [-0.2, 0) is 0 Å². The Morgan fingerprint density at radius 1 is 1.33 bits per heavy atom. The van der Waals surface area contributed by atoms with Crippen molar-refractivity contribution in [1.29, 1.82) is 0 Å². The highest BCUT2D eigenvalue weighted by Gasteiger charge is 2.14. The Balaban J connectivity index is 2.31. The average molecular weight is 302 g/mol. The minimum Gasteiger partial charge on any atom is -0.311 e. The van der Waals surface area contributed by atoms with Crippen molar-refractivity contribution in [2.45, 2.75) is 0 Å². The molecule has 0 aliphatic heterocycles. The lowest BCUT2D eigenvalue weighted by Crippen LogP contribution is -2.01. The minimum atomic E-state index is -0.368. The number of carbonyl (C=O) groups is 1. The summed E-state index contributed by atoms with van der Waals surface area (Å²) in [6.07, 6.45) is 6.24. The molecule has 0 aliphatic rings. The van der Waals surface area contributed by atoms with E-state index in [0.717, 1.165) is 0 Å². The maximum Gasteiger partial charge on any atom is 0.207 e. The highest BCUT2D eigenvalue weighted by molar-refractivity contribution is 6.48. The van der Waals surface area contributed by atoms with E-state index in [-0.39, 0.29) is 15.8 Å². The molecule has 2 rings (SSSR count). The molecule has 1 heterocycles. The van der Waals surface area contributed by atoms with E-state index >= 15 is 0 Å². The van der Waals surface area contributed by atoms with Gasteiger partial charge in [-0.05, 0) is 18.2 Å². The Bertz CT molecular complexity index is 606. The second kappa shape index (κ2) is 5.57. The van der Waals surface area contributed by atoms with Gasteiger partial charge in [0.25, 0.3) is 0 Å². The number of imidazole rings is 1. The zero-order valence-electron chi connectivity index (χ0n) is 8.98. The third-order valence-electron chi connectivity index (χ3n) is 2.18. The van der Waals surface area contributed by atoms with E-state index < -0.39 is 0 Å². The number of ketones is 1. The van der Waals surface area contributed by atoms with E-state index in [1.54, 1.807) is 23.0 Å². The zero-order chi connectivity index (χ0) is 13.1. The van der Waals surface area contributed by atoms with E-state index in [0.29, 0.717) is 10.6 Å². The predicted molar refractivity (Wildman–Crippen MR) is 73.1 cm³/mol. The highest BCUT2D eigenvalue weighted by atomic mass is 35.5. The lowest BCUT2D eigenvalue weighted by Gasteiger charge is -2.03. The normalized spacial score (nSPS) is 11.6. The molecule has 1 aromatic heterocycles. The quantitative estimate of drug-likeness (QED) is 0.631. The first-order valence-corrected chi connectivity index (χ1v) is 6.06. The molecule has 18 heavy (non-hydrogen) atoms. The van der Waals surface area contributed by atoms with Crippen LogP contribution in [0.25, 0.3) is 6.20 Å². The van der Waals surface area contributed by atoms with Crippen molar-refractivity contribution in [3.05, 3.63) is 57.6 Å². The third kappa shape index (κ3) is 2.93. The molecule has 0 unspecified atom stereocenters. The Kier molecular flexibility index (Phi) is 4.07. The summed E-state index contributed by atoms with van der Waals surface area (Å²) in [5.41, 5.74) is 0.308. The summed E-state index contributed by atoms with van der Waals surface area (Å²) in [5.74, 6) is -0.368. The van der Waals surface area contributed by atoms with Crippen LogP contribution in [0.4, 0.5) is 0 Å². The molecule has 0 atom stereocenters. The summed E-state index contributed by atoms with van der Waals surface area (Å²) in [5, 5.41) is 0.771. The van der Waals surface area contributed by atoms with Crippen LogP contribution in [0.1, 0.15) is 10.4 Å². The molecule has 0 radical (unpaired) electrons. The predicted octanol–water partition coefficient (Wildman–Crippen LogP) is 4.11. The van der Waals surface area contributed by atoms with Gasteiger partial charge in [-0.25, -0.2) is 4.98 Å². The summed E-state index contributed by atoms with van der Waals surface area (Å²) in [6, 6.07) is 4.62. The van der Waals surface area contributed by atoms with Gasteiger partial charge in [-0.15, -0.1) is 0 Å². The van der Waals surface area contributed by atoms with Gasteiger partial charge in [0.2, 0.25) is 5.78 Å². The van der Waals surface area contributed by atoms with Crippen LogP contribution in [0.15, 0.2) is 42.0 Å². The molecule has 0 fully saturated rings. The number of Topliss-reactive ketones (excluding diaryl/α,β-unsaturated/α-hetero) is 1. The Labute approximate surface area is 119 Å². The lowest BCUT2D eigenvalue weighted by molar-refractivity contribution is 0.104. The first kappa shape index (κ1) is 13.1. The number of allylic oxidation sites excluding steroid dienone is 1. The molecule has 0 aliphatic carbocycles. The fourth-order valence-corrected chi connectivity index (χ4v) is 2.05. The lowest BCUT2D eigenvalue weighted by atomic mass is 10.1. The van der Waals surface area contributed by atoms with Crippen molar-refractivity contribution in [3.8, 4) is 0 Å². The van der Waals surface area contributed by atoms with Crippen LogP contribution in [0.2, 0.25) is 10.0 Å². The summed E-state index contributed by atoms with van der Waals surface area (Å²) in [7, 11) is 0. The first-order valence-electron chi connectivity index (χ1n) is 4.92. The van der Waals surface area contributed by atoms with E-state index in [4.69, 9.17) is 34.8 Å². The zero-order valence-corrected chi connectivity index (χ0v) is 11.2. The smallest absolute Gasteiger partial charge is 0.207 e. The number of hydrogen-bond acceptors (Lipinski definition) is 2. The summed E-state index contributed by atoms with van der Waals surface area (Å²) >= 11 is 17.6. The standard InChI is InChI=1S/C12H7Cl3N2O/c13-8-1-2-9(10(14)5-8)12(18)11(15)6-17-4-3-16-7-17/h1-7H. The molecule has 92 valence electrons. The van der Waals surface area contributed by atoms with Gasteiger partial charge in [0.15, 0.2) is 0 Å². The first-order chi connectivity index (χ1) is 8.58. The van der Waals surface area contributed by atoms with Crippen LogP contribution in [0.5, 0.6) is 0 Å². The topological polar surface area (TPSA) is 34.9 Å². The van der Waals surface area contributed by atoms with Crippen molar-refractivity contribution >= 4 is 46.8 Å². The van der Waals surface area contributed by atoms with Gasteiger partial charge in [-0.1, -0.05) is 34.8 Å². The number of benzene rings is 1. The Morgan fingerprint density at radius 3 is 2.72 bits per heavy atom. The van der Waals surface area contributed by atoms with Gasteiger partial charge >= 0.3 is 0 Å². The maximum absolute atomic E-state index is 12.0. The van der Waals surface area contributed by atoms with E-state index in [1.807, 2.05) is 0 Å². The van der Waals surface area contributed by atoms with Gasteiger partial charge in [0, 0.05) is 29.2 Å². The van der Waals surface area contributed by atoms with E-state index in [9.17, 15) is 4.79 Å². The summed E-state index contributed by atoms with van der Waals surface area (Å²) in [4.78, 5) is 15.9. The molecule has 0 N–H and O–H groups in total. The molecule has 3 nitrogen and oxygen atoms in total. The molecular formula is C12H7Cl3N2O. The van der Waals surface area contributed by atoms with Crippen LogP contribution in [-0.4, -0.2) is 15.3 Å². The minimum absolute atomic E-state index is 0.0391. The maximum atomic E-state index is 12.0. The van der Waals surface area contributed by atoms with Crippen molar-refractivity contribution in [2.24, 2.45) is 0 Å². The second-order valence-corrected chi connectivity index (χ2v) is 4.69. The monoisotopic (exact) mass is 300 g/mol. The second-order valence-electron chi connectivity index (χ2n) is 3.44. The largest absolute Gasteiger partial charge is 0.311 e. The van der Waals surface area contributed by atoms with Crippen LogP contribution < -0.4 is 0 Å². The molecule has 0 saturated heterocycles. The summed E-state index contributed by atoms with van der Waals surface area (Å²) in [6.45, 7) is 0. The fourth-order valence-electron chi connectivity index (χ4n) is 1.34. The fraction of sp³-hybridized carbons (Fsp3) is 0. The van der Waals surface area contributed by atoms with Gasteiger partial charge in [0.05, 0.1) is 11.3 Å². The van der Waals surface area contributed by atoms with E-state index in [1.165, 1.54) is 24.7 Å². The Morgan fingerprint density at radius 2 is 2.11 bits per heavy atom. The average Bonchev–Trinajstić information content (AvgIpc) is 2.81. The number of nitrogens with zero attached hydrogens (tertiary/aromatic N) is 2. The van der Waals surface area contributed by atoms with Gasteiger partial charge in [-0.3, -0.25) is 4.79 Å². The molecule has 0 spiro atoms. The number of hydrogen-bond donors (Lipinski definition) is 0. The van der Waals surface area contributed by atoms with Crippen molar-refractivity contribution in [3.63, 3.8) is 0 Å². The van der Waals surface area contributed by atoms with Gasteiger partial charge in [-0.2, -0.15) is 0 Å². The molecule has 0 bridgehead atoms. The molecule has 1 aromatic carbocycles. The number of rotatable bonds is 3. The molecule has 6 heteroatoms. The number of halogens is 3. The third-order valence-corrected chi connectivity index (χ3v) is 3.00. The molecule has 0 saturated carbocycles. The molecule has 2 aromatic rings. The summed E-state index contributed by atoms with van der Waals surface area (Å²) < 4.78 is 1.57. The van der Waals surface area contributed by atoms with Gasteiger partial charge < -0.3 is 4.57 Å².